The fraction of sp³-hybridized carbons (Fsp3) is 0.188. The summed E-state index contributed by atoms with van der Waals surface area (Å²) >= 11 is 0. The van der Waals surface area contributed by atoms with Crippen LogP contribution in [0.1, 0.15) is 12.0 Å². The fourth-order valence-corrected chi connectivity index (χ4v) is 2.15. The molecule has 1 aromatic carbocycles. The maximum atomic E-state index is 12.2. The Morgan fingerprint density at radius 1 is 1.25 bits per heavy atom. The minimum Gasteiger partial charge on any atom is -0.458 e. The van der Waals surface area contributed by atoms with Crippen LogP contribution in [0, 0.1) is 6.92 Å². The first-order chi connectivity index (χ1) is 9.72. The highest BCUT2D eigenvalue weighted by atomic mass is 16.7. The summed E-state index contributed by atoms with van der Waals surface area (Å²) in [4.78, 5) is 12.2. The highest BCUT2D eigenvalue weighted by Gasteiger charge is 2.18. The van der Waals surface area contributed by atoms with Gasteiger partial charge in [0.1, 0.15) is 5.76 Å². The second-order valence-electron chi connectivity index (χ2n) is 4.71. The van der Waals surface area contributed by atoms with Crippen LogP contribution >= 0.6 is 0 Å². The molecule has 4 nitrogen and oxygen atoms in total. The summed E-state index contributed by atoms with van der Waals surface area (Å²) < 4.78 is 10.6. The molecule has 1 aromatic rings. The lowest BCUT2D eigenvalue weighted by atomic mass is 10.2. The van der Waals surface area contributed by atoms with E-state index in [2.05, 4.69) is 5.32 Å². The molecule has 2 aliphatic rings. The second kappa shape index (κ2) is 5.25. The maximum Gasteiger partial charge on any atom is 0.255 e. The molecule has 1 amide bonds. The lowest BCUT2D eigenvalue weighted by molar-refractivity contribution is -0.112. The van der Waals surface area contributed by atoms with Gasteiger partial charge < -0.3 is 14.8 Å². The number of aryl methyl sites for hydroxylation is 1. The highest BCUT2D eigenvalue weighted by molar-refractivity contribution is 6.05. The van der Waals surface area contributed by atoms with Crippen molar-refractivity contribution in [1.82, 2.24) is 0 Å². The summed E-state index contributed by atoms with van der Waals surface area (Å²) in [5.74, 6) is 1.35. The third-order valence-corrected chi connectivity index (χ3v) is 3.18. The molecule has 1 N–H and O–H groups in total. The van der Waals surface area contributed by atoms with Gasteiger partial charge in [-0.25, -0.2) is 0 Å². The Morgan fingerprint density at radius 2 is 2.15 bits per heavy atom. The normalized spacial score (nSPS) is 16.8. The summed E-state index contributed by atoms with van der Waals surface area (Å²) in [6, 6.07) is 7.71. The van der Waals surface area contributed by atoms with Crippen LogP contribution in [0.2, 0.25) is 0 Å². The number of nitrogens with one attached hydrogen (secondary N) is 1. The zero-order valence-electron chi connectivity index (χ0n) is 11.2. The molecule has 0 bridgehead atoms. The monoisotopic (exact) mass is 269 g/mol. The summed E-state index contributed by atoms with van der Waals surface area (Å²) in [6.07, 6.45) is 5.94. The van der Waals surface area contributed by atoms with Crippen molar-refractivity contribution in [3.63, 3.8) is 0 Å². The molecule has 1 aliphatic heterocycles. The SMILES string of the molecule is Cc1cccc(NC(=O)C2=CCC3=C(C=C2)OCO3)c1. The van der Waals surface area contributed by atoms with E-state index in [1.54, 1.807) is 12.2 Å². The fourth-order valence-electron chi connectivity index (χ4n) is 2.15. The molecule has 1 heterocycles. The summed E-state index contributed by atoms with van der Waals surface area (Å²) in [7, 11) is 0. The van der Waals surface area contributed by atoms with Crippen molar-refractivity contribution < 1.29 is 14.3 Å². The second-order valence-corrected chi connectivity index (χ2v) is 4.71. The van der Waals surface area contributed by atoms with Crippen LogP contribution in [-0.4, -0.2) is 12.7 Å². The Morgan fingerprint density at radius 3 is 3.00 bits per heavy atom. The van der Waals surface area contributed by atoms with Gasteiger partial charge in [0.05, 0.1) is 0 Å². The summed E-state index contributed by atoms with van der Waals surface area (Å²) in [5, 5.41) is 2.89. The highest BCUT2D eigenvalue weighted by Crippen LogP contribution is 2.25. The first-order valence-corrected chi connectivity index (χ1v) is 6.47. The van der Waals surface area contributed by atoms with Gasteiger partial charge in [0.25, 0.3) is 5.91 Å². The number of hydrogen-bond donors (Lipinski definition) is 1. The third-order valence-electron chi connectivity index (χ3n) is 3.18. The maximum absolute atomic E-state index is 12.2. The van der Waals surface area contributed by atoms with E-state index < -0.39 is 0 Å². The van der Waals surface area contributed by atoms with Crippen molar-refractivity contribution in [2.24, 2.45) is 0 Å². The van der Waals surface area contributed by atoms with E-state index in [0.29, 0.717) is 17.8 Å². The van der Waals surface area contributed by atoms with Crippen LogP contribution in [0.25, 0.3) is 0 Å². The Balaban J connectivity index is 1.72. The van der Waals surface area contributed by atoms with Crippen molar-refractivity contribution in [2.45, 2.75) is 13.3 Å². The zero-order valence-corrected chi connectivity index (χ0v) is 11.2. The third kappa shape index (κ3) is 2.59. The van der Waals surface area contributed by atoms with E-state index in [4.69, 9.17) is 9.47 Å². The minimum atomic E-state index is -0.131. The lowest BCUT2D eigenvalue weighted by Crippen LogP contribution is -2.13. The van der Waals surface area contributed by atoms with Crippen LogP contribution < -0.4 is 5.32 Å². The van der Waals surface area contributed by atoms with Crippen LogP contribution in [0.3, 0.4) is 0 Å². The molecule has 0 spiro atoms. The number of hydrogen-bond acceptors (Lipinski definition) is 3. The van der Waals surface area contributed by atoms with Gasteiger partial charge in [-0.2, -0.15) is 0 Å². The Bertz CT molecular complexity index is 641. The van der Waals surface area contributed by atoms with Crippen molar-refractivity contribution in [1.29, 1.82) is 0 Å². The van der Waals surface area contributed by atoms with Gasteiger partial charge in [0.15, 0.2) is 5.76 Å². The Labute approximate surface area is 117 Å². The average Bonchev–Trinajstić information content (AvgIpc) is 2.77. The Hall–Kier alpha value is -2.49. The van der Waals surface area contributed by atoms with E-state index in [1.807, 2.05) is 37.3 Å². The van der Waals surface area contributed by atoms with Gasteiger partial charge in [0.2, 0.25) is 6.79 Å². The number of carbonyl (C=O) groups excluding carboxylic acids is 1. The largest absolute Gasteiger partial charge is 0.458 e. The predicted molar refractivity (Wildman–Crippen MR) is 75.7 cm³/mol. The predicted octanol–water partition coefficient (Wildman–Crippen LogP) is 3.04. The molecule has 1 aliphatic carbocycles. The summed E-state index contributed by atoms with van der Waals surface area (Å²) in [6.45, 7) is 2.25. The molecule has 0 radical (unpaired) electrons. The van der Waals surface area contributed by atoms with Gasteiger partial charge >= 0.3 is 0 Å². The number of amides is 1. The molecule has 0 saturated carbocycles. The molecule has 0 atom stereocenters. The van der Waals surface area contributed by atoms with Crippen LogP contribution in [-0.2, 0) is 14.3 Å². The molecule has 20 heavy (non-hydrogen) atoms. The Kier molecular flexibility index (Phi) is 3.29. The minimum absolute atomic E-state index is 0.131. The zero-order chi connectivity index (χ0) is 13.9. The van der Waals surface area contributed by atoms with Gasteiger partial charge in [-0.05, 0) is 36.8 Å². The first-order valence-electron chi connectivity index (χ1n) is 6.47. The van der Waals surface area contributed by atoms with Crippen LogP contribution in [0.15, 0.2) is 59.6 Å². The molecule has 0 unspecified atom stereocenters. The summed E-state index contributed by atoms with van der Waals surface area (Å²) in [5.41, 5.74) is 2.50. The van der Waals surface area contributed by atoms with Gasteiger partial charge in [0, 0.05) is 17.7 Å². The van der Waals surface area contributed by atoms with E-state index >= 15 is 0 Å². The molecule has 102 valence electrons. The van der Waals surface area contributed by atoms with Crippen molar-refractivity contribution >= 4 is 11.6 Å². The van der Waals surface area contributed by atoms with E-state index in [0.717, 1.165) is 17.0 Å². The van der Waals surface area contributed by atoms with E-state index in [9.17, 15) is 4.79 Å². The average molecular weight is 269 g/mol. The van der Waals surface area contributed by atoms with E-state index in [1.165, 1.54) is 0 Å². The van der Waals surface area contributed by atoms with Gasteiger partial charge in [-0.3, -0.25) is 4.79 Å². The molecule has 0 fully saturated rings. The first kappa shape index (κ1) is 12.5. The number of benzene rings is 1. The van der Waals surface area contributed by atoms with Gasteiger partial charge in [-0.1, -0.05) is 18.2 Å². The molecule has 3 rings (SSSR count). The standard InChI is InChI=1S/C16H15NO3/c1-11-3-2-4-13(9-11)17-16(18)12-5-7-14-15(8-6-12)20-10-19-14/h2-7,9H,8,10H2,1H3,(H,17,18). The topological polar surface area (TPSA) is 47.6 Å². The number of allylic oxidation sites excluding steroid dienone is 2. The number of anilines is 1. The number of ether oxygens (including phenoxy) is 2. The smallest absolute Gasteiger partial charge is 0.255 e. The van der Waals surface area contributed by atoms with E-state index in [-0.39, 0.29) is 12.7 Å². The molecular weight excluding hydrogens is 254 g/mol. The molecule has 0 saturated heterocycles. The van der Waals surface area contributed by atoms with Crippen LogP contribution in [0.4, 0.5) is 5.69 Å². The molecule has 0 aromatic heterocycles. The van der Waals surface area contributed by atoms with Gasteiger partial charge in [-0.15, -0.1) is 0 Å². The number of rotatable bonds is 2. The van der Waals surface area contributed by atoms with Crippen molar-refractivity contribution in [3.8, 4) is 0 Å². The van der Waals surface area contributed by atoms with Crippen LogP contribution in [0.5, 0.6) is 0 Å². The lowest BCUT2D eigenvalue weighted by Gasteiger charge is -2.06. The van der Waals surface area contributed by atoms with Crippen molar-refractivity contribution in [2.75, 3.05) is 12.1 Å². The molecule has 4 heteroatoms. The quantitative estimate of drug-likeness (QED) is 0.897. The molecular formula is C16H15NO3. The number of carbonyl (C=O) groups is 1. The van der Waals surface area contributed by atoms with Crippen molar-refractivity contribution in [3.05, 3.63) is 65.1 Å².